The van der Waals surface area contributed by atoms with Crippen molar-refractivity contribution in [2.75, 3.05) is 13.2 Å². The molecular weight excluding hydrogens is 667 g/mol. The highest BCUT2D eigenvalue weighted by Crippen LogP contribution is 2.36. The van der Waals surface area contributed by atoms with Crippen LogP contribution in [0.1, 0.15) is 181 Å². The quantitative estimate of drug-likeness (QED) is 0.0188. The van der Waals surface area contributed by atoms with E-state index in [-0.39, 0.29) is 19.4 Å². The highest BCUT2D eigenvalue weighted by Gasteiger charge is 2.22. The molecule has 0 saturated heterocycles. The van der Waals surface area contributed by atoms with Gasteiger partial charge in [-0.2, -0.15) is 0 Å². The maximum Gasteiger partial charge on any atom is 0.469 e. The van der Waals surface area contributed by atoms with E-state index in [1.165, 1.54) is 70.6 Å². The van der Waals surface area contributed by atoms with E-state index >= 15 is 0 Å². The Morgan fingerprint density at radius 2 is 1.16 bits per heavy atom. The summed E-state index contributed by atoms with van der Waals surface area (Å²) in [7, 11) is -4.77. The van der Waals surface area contributed by atoms with Crippen molar-refractivity contribution in [3.05, 3.63) is 36.5 Å². The van der Waals surface area contributed by atoms with Crippen molar-refractivity contribution >= 4 is 19.8 Å². The van der Waals surface area contributed by atoms with Crippen molar-refractivity contribution in [1.29, 1.82) is 0 Å². The molecule has 1 unspecified atom stereocenters. The van der Waals surface area contributed by atoms with Crippen LogP contribution >= 0.6 is 7.82 Å². The van der Waals surface area contributed by atoms with Crippen LogP contribution in [0.3, 0.4) is 0 Å². The first-order valence-electron chi connectivity index (χ1n) is 20.2. The Hall–Kier alpha value is -1.77. The van der Waals surface area contributed by atoms with Crippen LogP contribution in [0.5, 0.6) is 0 Å². The van der Waals surface area contributed by atoms with Crippen LogP contribution < -0.4 is 0 Å². The largest absolute Gasteiger partial charge is 0.469 e. The van der Waals surface area contributed by atoms with Gasteiger partial charge in [-0.3, -0.25) is 14.1 Å². The number of hydrogen-bond acceptors (Lipinski definition) is 7. The number of allylic oxidation sites excluding steroid dienone is 4. The Morgan fingerprint density at radius 3 is 1.69 bits per heavy atom. The first-order valence-corrected chi connectivity index (χ1v) is 21.8. The second kappa shape index (κ2) is 35.3. The number of carbonyl (C=O) groups excluding carboxylic acids is 2. The zero-order chi connectivity index (χ0) is 37.8. The standard InChI is InChI=1S/C41H75O9P/c1-4-5-25-31-38(42)32-27-22-18-14-12-16-19-23-28-33-40(43)48-35-39(36-49-51(45,46)47)50-41(44)34-29-24-20-15-11-9-7-6-8-10-13-17-21-26-30-37(2)3/h5,18,22,25,27,32,37-39,42H,4,6-17,19-21,23-24,26,28-31,33-36H2,1-3H3,(H2,45,46,47)/b22-18+,25-5+,32-27+/t38?,39-/m1/s1. The summed E-state index contributed by atoms with van der Waals surface area (Å²) in [5, 5.41) is 9.83. The molecule has 51 heavy (non-hydrogen) atoms. The van der Waals surface area contributed by atoms with Gasteiger partial charge in [-0.1, -0.05) is 166 Å². The van der Waals surface area contributed by atoms with Crippen LogP contribution in [0.2, 0.25) is 0 Å². The van der Waals surface area contributed by atoms with Crippen LogP contribution in [-0.4, -0.2) is 52.3 Å². The lowest BCUT2D eigenvalue weighted by molar-refractivity contribution is -0.161. The van der Waals surface area contributed by atoms with Crippen LogP contribution in [0.15, 0.2) is 36.5 Å². The van der Waals surface area contributed by atoms with Gasteiger partial charge in [-0.15, -0.1) is 0 Å². The minimum atomic E-state index is -4.77. The number of hydrogen-bond donors (Lipinski definition) is 3. The molecule has 0 aromatic rings. The first kappa shape index (κ1) is 49.2. The average Bonchev–Trinajstić information content (AvgIpc) is 3.07. The molecule has 298 valence electrons. The summed E-state index contributed by atoms with van der Waals surface area (Å²) in [6, 6.07) is 0. The summed E-state index contributed by atoms with van der Waals surface area (Å²) in [6.07, 6.45) is 36.3. The molecule has 2 atom stereocenters. The van der Waals surface area contributed by atoms with Crippen molar-refractivity contribution in [3.8, 4) is 0 Å². The molecule has 0 heterocycles. The summed E-state index contributed by atoms with van der Waals surface area (Å²) in [4.78, 5) is 42.8. The molecule has 9 nitrogen and oxygen atoms in total. The third kappa shape index (κ3) is 39.3. The lowest BCUT2D eigenvalue weighted by Gasteiger charge is -2.18. The maximum atomic E-state index is 12.4. The van der Waals surface area contributed by atoms with E-state index in [1.807, 2.05) is 24.3 Å². The summed E-state index contributed by atoms with van der Waals surface area (Å²) < 4.78 is 26.3. The summed E-state index contributed by atoms with van der Waals surface area (Å²) in [6.45, 7) is 5.79. The number of carbonyl (C=O) groups is 2. The molecule has 0 rings (SSSR count). The molecule has 0 aliphatic carbocycles. The normalized spacial score (nSPS) is 13.5. The van der Waals surface area contributed by atoms with Gasteiger partial charge in [0.25, 0.3) is 0 Å². The second-order valence-electron chi connectivity index (χ2n) is 14.3. The maximum absolute atomic E-state index is 12.4. The number of aliphatic hydroxyl groups excluding tert-OH is 1. The Bertz CT molecular complexity index is 957. The lowest BCUT2D eigenvalue weighted by Crippen LogP contribution is -2.29. The predicted octanol–water partition coefficient (Wildman–Crippen LogP) is 11.0. The Kier molecular flexibility index (Phi) is 34.0. The Morgan fingerprint density at radius 1 is 0.647 bits per heavy atom. The van der Waals surface area contributed by atoms with Crippen molar-refractivity contribution in [3.63, 3.8) is 0 Å². The molecule has 0 saturated carbocycles. The van der Waals surface area contributed by atoms with Gasteiger partial charge in [0.2, 0.25) is 0 Å². The van der Waals surface area contributed by atoms with Crippen LogP contribution in [-0.2, 0) is 28.2 Å². The van der Waals surface area contributed by atoms with E-state index in [1.54, 1.807) is 6.08 Å². The molecule has 0 aliphatic rings. The highest BCUT2D eigenvalue weighted by molar-refractivity contribution is 7.46. The van der Waals surface area contributed by atoms with Gasteiger partial charge in [0, 0.05) is 12.8 Å². The monoisotopic (exact) mass is 743 g/mol. The predicted molar refractivity (Wildman–Crippen MR) is 208 cm³/mol. The minimum Gasteiger partial charge on any atom is -0.462 e. The number of unbranched alkanes of at least 4 members (excludes halogenated alkanes) is 18. The van der Waals surface area contributed by atoms with E-state index in [0.29, 0.717) is 19.3 Å². The van der Waals surface area contributed by atoms with Crippen molar-refractivity contribution in [1.82, 2.24) is 0 Å². The molecule has 0 radical (unpaired) electrons. The minimum absolute atomic E-state index is 0.199. The SMILES string of the molecule is CC/C=C/CC(O)/C=C/C=C/CCCCCCCC(=O)OC[C@H](COP(=O)(O)O)OC(=O)CCCCCCCCCCCCCCCCC(C)C. The van der Waals surface area contributed by atoms with Gasteiger partial charge in [0.15, 0.2) is 6.10 Å². The van der Waals surface area contributed by atoms with Crippen LogP contribution in [0.4, 0.5) is 0 Å². The third-order valence-corrected chi connectivity index (χ3v) is 9.17. The molecule has 3 N–H and O–H groups in total. The molecular formula is C41H75O9P. The number of aliphatic hydroxyl groups is 1. The average molecular weight is 743 g/mol. The van der Waals surface area contributed by atoms with Crippen LogP contribution in [0, 0.1) is 5.92 Å². The van der Waals surface area contributed by atoms with Crippen molar-refractivity contribution in [2.24, 2.45) is 5.92 Å². The van der Waals surface area contributed by atoms with Gasteiger partial charge in [0.1, 0.15) is 6.61 Å². The summed E-state index contributed by atoms with van der Waals surface area (Å²) >= 11 is 0. The molecule has 0 aliphatic heterocycles. The van der Waals surface area contributed by atoms with E-state index in [9.17, 15) is 19.3 Å². The van der Waals surface area contributed by atoms with E-state index in [0.717, 1.165) is 63.7 Å². The zero-order valence-electron chi connectivity index (χ0n) is 32.5. The molecule has 0 fully saturated rings. The number of esters is 2. The van der Waals surface area contributed by atoms with Gasteiger partial charge >= 0.3 is 19.8 Å². The van der Waals surface area contributed by atoms with Crippen molar-refractivity contribution < 1.29 is 43.0 Å². The topological polar surface area (TPSA) is 140 Å². The number of ether oxygens (including phenoxy) is 2. The fourth-order valence-electron chi connectivity index (χ4n) is 5.65. The van der Waals surface area contributed by atoms with E-state index in [2.05, 4.69) is 31.4 Å². The fraction of sp³-hybridized carbons (Fsp3) is 0.805. The second-order valence-corrected chi connectivity index (χ2v) is 15.5. The fourth-order valence-corrected chi connectivity index (χ4v) is 6.01. The molecule has 0 aromatic heterocycles. The number of phosphoric ester groups is 1. The smallest absolute Gasteiger partial charge is 0.462 e. The van der Waals surface area contributed by atoms with Crippen molar-refractivity contribution in [2.45, 2.75) is 193 Å². The Labute approximate surface area is 311 Å². The molecule has 0 bridgehead atoms. The lowest BCUT2D eigenvalue weighted by atomic mass is 10.0. The Balaban J connectivity index is 3.98. The third-order valence-electron chi connectivity index (χ3n) is 8.68. The zero-order valence-corrected chi connectivity index (χ0v) is 33.4. The van der Waals surface area contributed by atoms with E-state index in [4.69, 9.17) is 19.3 Å². The molecule has 0 aromatic carbocycles. The molecule has 10 heteroatoms. The highest BCUT2D eigenvalue weighted by atomic mass is 31.2. The summed E-state index contributed by atoms with van der Waals surface area (Å²) in [5.74, 6) is -0.110. The summed E-state index contributed by atoms with van der Waals surface area (Å²) in [5.41, 5.74) is 0. The molecule has 0 amide bonds. The van der Waals surface area contributed by atoms with Gasteiger partial charge in [-0.05, 0) is 44.4 Å². The number of phosphoric acid groups is 1. The van der Waals surface area contributed by atoms with Gasteiger partial charge in [0.05, 0.1) is 12.7 Å². The van der Waals surface area contributed by atoms with Gasteiger partial charge < -0.3 is 24.4 Å². The van der Waals surface area contributed by atoms with Gasteiger partial charge in [-0.25, -0.2) is 4.57 Å². The molecule has 0 spiro atoms. The first-order chi connectivity index (χ1) is 24.5. The van der Waals surface area contributed by atoms with Crippen LogP contribution in [0.25, 0.3) is 0 Å². The van der Waals surface area contributed by atoms with E-state index < -0.39 is 38.6 Å². The number of rotatable bonds is 36.